The summed E-state index contributed by atoms with van der Waals surface area (Å²) in [6.45, 7) is 0. The van der Waals surface area contributed by atoms with Gasteiger partial charge in [-0.05, 0) is 0 Å². The standard InChI is InChI=1S/C8H8Cl4F6O/c9-3-5(11,1-7(13,14)15)19-6(12,4-10)2-8(16,17)18/h1-4H2. The van der Waals surface area contributed by atoms with E-state index < -0.39 is 47.1 Å². The molecular formula is C8H8Cl4F6O. The first-order chi connectivity index (χ1) is 8.24. The lowest BCUT2D eigenvalue weighted by atomic mass is 10.2. The van der Waals surface area contributed by atoms with Gasteiger partial charge in [0.15, 0.2) is 10.1 Å². The number of alkyl halides is 10. The zero-order chi connectivity index (χ0) is 15.5. The van der Waals surface area contributed by atoms with Crippen LogP contribution < -0.4 is 0 Å². The van der Waals surface area contributed by atoms with E-state index in [0.29, 0.717) is 0 Å². The lowest BCUT2D eigenvalue weighted by Gasteiger charge is -2.35. The summed E-state index contributed by atoms with van der Waals surface area (Å²) in [7, 11) is 0. The Morgan fingerprint density at radius 1 is 0.684 bits per heavy atom. The summed E-state index contributed by atoms with van der Waals surface area (Å²) in [6, 6.07) is 0. The molecule has 0 rings (SSSR count). The van der Waals surface area contributed by atoms with Crippen molar-refractivity contribution in [3.05, 3.63) is 0 Å². The van der Waals surface area contributed by atoms with Crippen LogP contribution in [-0.2, 0) is 4.74 Å². The minimum atomic E-state index is -4.79. The molecule has 0 N–H and O–H groups in total. The first-order valence-electron chi connectivity index (χ1n) is 4.58. The van der Waals surface area contributed by atoms with Gasteiger partial charge in [0.1, 0.15) is 0 Å². The summed E-state index contributed by atoms with van der Waals surface area (Å²) in [5, 5.41) is -5.25. The first kappa shape index (κ1) is 19.7. The largest absolute Gasteiger partial charge is 0.393 e. The van der Waals surface area contributed by atoms with Gasteiger partial charge in [-0.1, -0.05) is 23.2 Å². The normalized spacial score (nSPS) is 19.9. The zero-order valence-electron chi connectivity index (χ0n) is 9.02. The molecular weight excluding hydrogens is 368 g/mol. The SMILES string of the molecule is FC(F)(F)CC(Cl)(CCl)OC(Cl)(CCl)CC(F)(F)F. The van der Waals surface area contributed by atoms with E-state index >= 15 is 0 Å². The molecule has 0 heterocycles. The second-order valence-corrected chi connectivity index (χ2v) is 5.63. The van der Waals surface area contributed by atoms with Crippen LogP contribution in [0.15, 0.2) is 0 Å². The van der Waals surface area contributed by atoms with Gasteiger partial charge in [-0.25, -0.2) is 0 Å². The molecule has 0 aliphatic heterocycles. The third kappa shape index (κ3) is 8.55. The summed E-state index contributed by atoms with van der Waals surface area (Å²) in [6.07, 6.45) is -13.1. The summed E-state index contributed by atoms with van der Waals surface area (Å²) in [4.78, 5) is 0. The van der Waals surface area contributed by atoms with Crippen molar-refractivity contribution in [2.75, 3.05) is 11.8 Å². The molecule has 0 amide bonds. The Labute approximate surface area is 125 Å². The predicted molar refractivity (Wildman–Crippen MR) is 61.0 cm³/mol. The highest BCUT2D eigenvalue weighted by molar-refractivity contribution is 6.32. The van der Waals surface area contributed by atoms with Gasteiger partial charge in [0, 0.05) is 0 Å². The molecule has 0 aliphatic rings. The van der Waals surface area contributed by atoms with Crippen LogP contribution in [0.3, 0.4) is 0 Å². The Morgan fingerprint density at radius 3 is 1.11 bits per heavy atom. The van der Waals surface area contributed by atoms with Crippen LogP contribution in [0, 0.1) is 0 Å². The Morgan fingerprint density at radius 2 is 0.947 bits per heavy atom. The molecule has 116 valence electrons. The molecule has 0 saturated carbocycles. The maximum atomic E-state index is 12.2. The van der Waals surface area contributed by atoms with E-state index in [2.05, 4.69) is 4.74 Å². The summed E-state index contributed by atoms with van der Waals surface area (Å²) in [5.74, 6) is -1.84. The van der Waals surface area contributed by atoms with Crippen LogP contribution in [0.2, 0.25) is 0 Å². The van der Waals surface area contributed by atoms with Crippen molar-refractivity contribution in [1.29, 1.82) is 0 Å². The summed E-state index contributed by atoms with van der Waals surface area (Å²) in [5.41, 5.74) is 0. The molecule has 0 aromatic rings. The fraction of sp³-hybridized carbons (Fsp3) is 1.00. The number of hydrogen-bond acceptors (Lipinski definition) is 1. The Hall–Kier alpha value is 0.700. The van der Waals surface area contributed by atoms with E-state index in [1.807, 2.05) is 0 Å². The molecule has 1 nitrogen and oxygen atoms in total. The molecule has 2 unspecified atom stereocenters. The van der Waals surface area contributed by atoms with Gasteiger partial charge in [-0.2, -0.15) is 26.3 Å². The van der Waals surface area contributed by atoms with Crippen molar-refractivity contribution >= 4 is 46.4 Å². The molecule has 2 atom stereocenters. The monoisotopic (exact) mass is 374 g/mol. The molecule has 0 fully saturated rings. The van der Waals surface area contributed by atoms with Gasteiger partial charge in [0.05, 0.1) is 24.6 Å². The Bertz CT molecular complexity index is 268. The van der Waals surface area contributed by atoms with Crippen molar-refractivity contribution in [3.63, 3.8) is 0 Å². The zero-order valence-corrected chi connectivity index (χ0v) is 12.0. The minimum Gasteiger partial charge on any atom is -0.335 e. The van der Waals surface area contributed by atoms with Crippen LogP contribution in [0.4, 0.5) is 26.3 Å². The smallest absolute Gasteiger partial charge is 0.335 e. The summed E-state index contributed by atoms with van der Waals surface area (Å²) >= 11 is 21.2. The van der Waals surface area contributed by atoms with Crippen molar-refractivity contribution in [1.82, 2.24) is 0 Å². The average Bonchev–Trinajstić information content (AvgIpc) is 2.11. The lowest BCUT2D eigenvalue weighted by molar-refractivity contribution is -0.201. The molecule has 0 aromatic heterocycles. The van der Waals surface area contributed by atoms with Gasteiger partial charge in [0.25, 0.3) is 0 Å². The van der Waals surface area contributed by atoms with E-state index in [1.54, 1.807) is 0 Å². The van der Waals surface area contributed by atoms with E-state index in [1.165, 1.54) is 0 Å². The van der Waals surface area contributed by atoms with Crippen LogP contribution >= 0.6 is 46.4 Å². The molecule has 0 bridgehead atoms. The lowest BCUT2D eigenvalue weighted by Crippen LogP contribution is -2.45. The molecule has 0 aliphatic carbocycles. The Balaban J connectivity index is 5.00. The van der Waals surface area contributed by atoms with Gasteiger partial charge in [-0.3, -0.25) is 0 Å². The van der Waals surface area contributed by atoms with Crippen LogP contribution in [0.1, 0.15) is 12.8 Å². The average molecular weight is 376 g/mol. The number of rotatable bonds is 6. The van der Waals surface area contributed by atoms with Gasteiger partial charge in [-0.15, -0.1) is 23.2 Å². The van der Waals surface area contributed by atoms with E-state index in [0.717, 1.165) is 0 Å². The van der Waals surface area contributed by atoms with Crippen molar-refractivity contribution in [2.45, 2.75) is 35.3 Å². The molecule has 0 aromatic carbocycles. The fourth-order valence-corrected chi connectivity index (χ4v) is 2.08. The third-order valence-electron chi connectivity index (χ3n) is 1.69. The van der Waals surface area contributed by atoms with Gasteiger partial charge >= 0.3 is 12.4 Å². The number of ether oxygens (including phenoxy) is 1. The molecule has 0 saturated heterocycles. The van der Waals surface area contributed by atoms with Crippen molar-refractivity contribution < 1.29 is 31.1 Å². The quantitative estimate of drug-likeness (QED) is 0.454. The maximum absolute atomic E-state index is 12.2. The van der Waals surface area contributed by atoms with Gasteiger partial charge in [0.2, 0.25) is 0 Å². The highest BCUT2D eigenvalue weighted by Gasteiger charge is 2.50. The van der Waals surface area contributed by atoms with Crippen LogP contribution in [0.25, 0.3) is 0 Å². The number of halogens is 10. The molecule has 0 spiro atoms. The van der Waals surface area contributed by atoms with Crippen molar-refractivity contribution in [3.8, 4) is 0 Å². The maximum Gasteiger partial charge on any atom is 0.393 e. The predicted octanol–water partition coefficient (Wildman–Crippen LogP) is 5.26. The van der Waals surface area contributed by atoms with Gasteiger partial charge < -0.3 is 4.74 Å². The number of hydrogen-bond donors (Lipinski definition) is 0. The summed E-state index contributed by atoms with van der Waals surface area (Å²) < 4.78 is 77.9. The third-order valence-corrected chi connectivity index (χ3v) is 3.52. The molecule has 11 heteroatoms. The van der Waals surface area contributed by atoms with E-state index in [9.17, 15) is 26.3 Å². The minimum absolute atomic E-state index is 0.919. The topological polar surface area (TPSA) is 9.23 Å². The van der Waals surface area contributed by atoms with E-state index in [4.69, 9.17) is 46.4 Å². The van der Waals surface area contributed by atoms with Crippen LogP contribution in [-0.4, -0.2) is 34.2 Å². The second kappa shape index (κ2) is 6.64. The second-order valence-electron chi connectivity index (χ2n) is 3.72. The van der Waals surface area contributed by atoms with E-state index in [-0.39, 0.29) is 0 Å². The highest BCUT2D eigenvalue weighted by Crippen LogP contribution is 2.42. The highest BCUT2D eigenvalue weighted by atomic mass is 35.5. The van der Waals surface area contributed by atoms with Crippen molar-refractivity contribution in [2.24, 2.45) is 0 Å². The Kier molecular flexibility index (Phi) is 6.89. The first-order valence-corrected chi connectivity index (χ1v) is 6.40. The molecule has 0 radical (unpaired) electrons. The van der Waals surface area contributed by atoms with Crippen LogP contribution in [0.5, 0.6) is 0 Å². The molecule has 19 heavy (non-hydrogen) atoms. The fourth-order valence-electron chi connectivity index (χ4n) is 1.15.